The molecule has 6 N–H and O–H groups in total. The first-order chi connectivity index (χ1) is 25.8. The predicted molar refractivity (Wildman–Crippen MR) is 206 cm³/mol. The van der Waals surface area contributed by atoms with Gasteiger partial charge in [-0.05, 0) is 71.9 Å². The lowest BCUT2D eigenvalue weighted by atomic mass is 9.78. The van der Waals surface area contributed by atoms with E-state index in [1.807, 2.05) is 13.8 Å². The first-order valence-electron chi connectivity index (χ1n) is 19.3. The van der Waals surface area contributed by atoms with Crippen molar-refractivity contribution in [3.63, 3.8) is 0 Å². The molecule has 55 heavy (non-hydrogen) atoms. The first kappa shape index (κ1) is 43.1. The topological polar surface area (TPSA) is 227 Å². The zero-order valence-corrected chi connectivity index (χ0v) is 32.5. The zero-order valence-electron chi connectivity index (χ0n) is 31.7. The van der Waals surface area contributed by atoms with Crippen LogP contribution in [0.4, 0.5) is 11.6 Å². The number of rotatable bonds is 12. The summed E-state index contributed by atoms with van der Waals surface area (Å²) in [5.41, 5.74) is 12.8. The highest BCUT2D eigenvalue weighted by Gasteiger charge is 2.55. The maximum atomic E-state index is 12.7. The number of aliphatic carboxylic acids is 2. The number of β-lactam (4-membered cyclic amide) rings is 2. The molecule has 2 aliphatic heterocycles. The third kappa shape index (κ3) is 10.4. The molecule has 0 aromatic carbocycles. The Balaban J connectivity index is 0.000000240. The summed E-state index contributed by atoms with van der Waals surface area (Å²) in [7, 11) is 0. The third-order valence-electron chi connectivity index (χ3n) is 12.0. The molecule has 2 saturated heterocycles. The highest BCUT2D eigenvalue weighted by molar-refractivity contribution is 6.09. The molecule has 15 heteroatoms. The van der Waals surface area contributed by atoms with Gasteiger partial charge in [-0.2, -0.15) is 0 Å². The monoisotopic (exact) mass is 782 g/mol. The Hall–Kier alpha value is -4.59. The van der Waals surface area contributed by atoms with Gasteiger partial charge in [0.05, 0.1) is 11.8 Å². The summed E-state index contributed by atoms with van der Waals surface area (Å²) in [5, 5.41) is 19.1. The number of aromatic nitrogens is 2. The second-order valence-corrected chi connectivity index (χ2v) is 15.7. The molecule has 0 spiro atoms. The maximum Gasteiger partial charge on any atom is 0.327 e. The van der Waals surface area contributed by atoms with Gasteiger partial charge in [0.2, 0.25) is 23.6 Å². The van der Waals surface area contributed by atoms with Crippen LogP contribution in [0.3, 0.4) is 0 Å². The number of halogens is 1. The van der Waals surface area contributed by atoms with Crippen LogP contribution in [0.2, 0.25) is 0 Å². The summed E-state index contributed by atoms with van der Waals surface area (Å²) in [6, 6.07) is 4.47. The van der Waals surface area contributed by atoms with Crippen LogP contribution in [0.5, 0.6) is 0 Å². The molecule has 0 radical (unpaired) electrons. The van der Waals surface area contributed by atoms with Crippen molar-refractivity contribution in [2.24, 2.45) is 35.5 Å². The number of carboxylic acids is 2. The van der Waals surface area contributed by atoms with E-state index in [4.69, 9.17) is 11.5 Å². The molecule has 2 aromatic heterocycles. The molecule has 4 heterocycles. The zero-order chi connectivity index (χ0) is 39.1. The van der Waals surface area contributed by atoms with E-state index in [9.17, 15) is 39.0 Å². The summed E-state index contributed by atoms with van der Waals surface area (Å²) in [5.74, 6) is -3.35. The molecular formula is C40H55ClN6O8. The van der Waals surface area contributed by atoms with Crippen LogP contribution in [0.1, 0.15) is 102 Å². The molecule has 0 bridgehead atoms. The van der Waals surface area contributed by atoms with Crippen LogP contribution in [-0.2, 0) is 41.6 Å². The van der Waals surface area contributed by atoms with Crippen molar-refractivity contribution < 1.29 is 39.0 Å². The van der Waals surface area contributed by atoms with E-state index in [1.165, 1.54) is 50.9 Å². The summed E-state index contributed by atoms with van der Waals surface area (Å²) < 4.78 is 0. The van der Waals surface area contributed by atoms with Gasteiger partial charge in [0.15, 0.2) is 0 Å². The molecule has 14 nitrogen and oxygen atoms in total. The Labute approximate surface area is 328 Å². The SMILES string of the molecule is C[C@@H](CC(=O)N1C(=O)[C@H](Cc2ccnc(N)c2)[C@H]1C(=O)O)C1CCCCC1.C[C@@H](CC(=O)N1C(=O)[C@H](Cc2ccnc(N)c2)[C@H]1C(=O)O)C1CCCCC1.Cl. The quantitative estimate of drug-likeness (QED) is 0.210. The van der Waals surface area contributed by atoms with Gasteiger partial charge in [0, 0.05) is 25.2 Å². The number of anilines is 2. The van der Waals surface area contributed by atoms with Gasteiger partial charge >= 0.3 is 11.9 Å². The Bertz CT molecular complexity index is 1590. The Kier molecular flexibility index (Phi) is 15.2. The van der Waals surface area contributed by atoms with Crippen molar-refractivity contribution in [3.8, 4) is 0 Å². The average Bonchev–Trinajstić information content (AvgIpc) is 3.14. The van der Waals surface area contributed by atoms with E-state index >= 15 is 0 Å². The number of nitrogens with two attached hydrogens (primary N) is 2. The molecule has 4 fully saturated rings. The first-order valence-corrected chi connectivity index (χ1v) is 19.3. The van der Waals surface area contributed by atoms with E-state index in [0.29, 0.717) is 23.5 Å². The minimum absolute atomic E-state index is 0. The van der Waals surface area contributed by atoms with Crippen molar-refractivity contribution in [1.29, 1.82) is 0 Å². The molecule has 2 aromatic rings. The number of hydrogen-bond donors (Lipinski definition) is 4. The summed E-state index contributed by atoms with van der Waals surface area (Å²) >= 11 is 0. The van der Waals surface area contributed by atoms with Crippen molar-refractivity contribution in [3.05, 3.63) is 47.8 Å². The molecule has 2 aliphatic carbocycles. The summed E-state index contributed by atoms with van der Waals surface area (Å²) in [4.78, 5) is 83.6. The van der Waals surface area contributed by atoms with E-state index < -0.39 is 47.7 Å². The molecule has 6 atom stereocenters. The Morgan fingerprint density at radius 1 is 0.673 bits per heavy atom. The van der Waals surface area contributed by atoms with Crippen LogP contribution in [0, 0.1) is 35.5 Å². The second kappa shape index (κ2) is 19.3. The van der Waals surface area contributed by atoms with Gasteiger partial charge < -0.3 is 21.7 Å². The Morgan fingerprint density at radius 2 is 1.02 bits per heavy atom. The Morgan fingerprint density at radius 3 is 1.33 bits per heavy atom. The van der Waals surface area contributed by atoms with Gasteiger partial charge in [-0.15, -0.1) is 12.4 Å². The second-order valence-electron chi connectivity index (χ2n) is 15.7. The highest BCUT2D eigenvalue weighted by Crippen LogP contribution is 2.37. The number of carbonyl (C=O) groups excluding carboxylic acids is 4. The smallest absolute Gasteiger partial charge is 0.327 e. The normalized spacial score (nSPS) is 23.9. The molecule has 4 amide bonds. The number of imide groups is 2. The molecule has 0 unspecified atom stereocenters. The molecule has 2 saturated carbocycles. The molecule has 300 valence electrons. The number of likely N-dealkylation sites (tertiary alicyclic amines) is 2. The number of nitrogens with zero attached hydrogens (tertiary/aromatic N) is 4. The van der Waals surface area contributed by atoms with Crippen LogP contribution < -0.4 is 11.5 Å². The molecule has 4 aliphatic rings. The number of carboxylic acid groups (broad SMARTS) is 2. The van der Waals surface area contributed by atoms with Gasteiger partial charge in [0.25, 0.3) is 0 Å². The number of amides is 4. The fourth-order valence-electron chi connectivity index (χ4n) is 8.85. The fourth-order valence-corrected chi connectivity index (χ4v) is 8.85. The van der Waals surface area contributed by atoms with E-state index in [1.54, 1.807) is 24.3 Å². The van der Waals surface area contributed by atoms with E-state index in [0.717, 1.165) is 46.6 Å². The number of pyridine rings is 2. The van der Waals surface area contributed by atoms with Crippen LogP contribution >= 0.6 is 12.4 Å². The van der Waals surface area contributed by atoms with Gasteiger partial charge in [-0.25, -0.2) is 19.6 Å². The van der Waals surface area contributed by atoms with E-state index in [-0.39, 0.29) is 61.7 Å². The van der Waals surface area contributed by atoms with Crippen molar-refractivity contribution in [2.45, 2.75) is 116 Å². The number of carbonyl (C=O) groups is 6. The average molecular weight is 783 g/mol. The standard InChI is InChI=1S/2C20H27N3O4.ClH/c2*1-12(14-5-3-2-4-6-14)9-17(24)23-18(20(26)27)15(19(23)25)10-13-7-8-22-16(21)11-13;/h2*7-8,11-12,14-15,18H,2-6,9-10H2,1H3,(H2,21,22)(H,26,27);1H/t2*12-,15+,18-;/m00./s1. The lowest BCUT2D eigenvalue weighted by Crippen LogP contribution is -2.67. The third-order valence-corrected chi connectivity index (χ3v) is 12.0. The van der Waals surface area contributed by atoms with E-state index in [2.05, 4.69) is 9.97 Å². The minimum atomic E-state index is -1.14. The van der Waals surface area contributed by atoms with Crippen LogP contribution in [0.15, 0.2) is 36.7 Å². The predicted octanol–water partition coefficient (Wildman–Crippen LogP) is 4.92. The molecular weight excluding hydrogens is 728 g/mol. The minimum Gasteiger partial charge on any atom is -0.480 e. The largest absolute Gasteiger partial charge is 0.480 e. The van der Waals surface area contributed by atoms with Crippen LogP contribution in [-0.4, -0.2) is 77.6 Å². The van der Waals surface area contributed by atoms with Crippen LogP contribution in [0.25, 0.3) is 0 Å². The van der Waals surface area contributed by atoms with Gasteiger partial charge in [-0.3, -0.25) is 29.0 Å². The molecule has 6 rings (SSSR count). The van der Waals surface area contributed by atoms with Gasteiger partial charge in [0.1, 0.15) is 23.7 Å². The number of nitrogen functional groups attached to an aromatic ring is 2. The lowest BCUT2D eigenvalue weighted by molar-refractivity contribution is -0.177. The highest BCUT2D eigenvalue weighted by atomic mass is 35.5. The number of hydrogen-bond acceptors (Lipinski definition) is 10. The fraction of sp³-hybridized carbons (Fsp3) is 0.600. The summed E-state index contributed by atoms with van der Waals surface area (Å²) in [6.07, 6.45) is 15.6. The maximum absolute atomic E-state index is 12.7. The lowest BCUT2D eigenvalue weighted by Gasteiger charge is -2.43. The summed E-state index contributed by atoms with van der Waals surface area (Å²) in [6.45, 7) is 4.07. The van der Waals surface area contributed by atoms with Crippen molar-refractivity contribution >= 4 is 59.6 Å². The van der Waals surface area contributed by atoms with Gasteiger partial charge in [-0.1, -0.05) is 78.1 Å². The van der Waals surface area contributed by atoms with Crippen molar-refractivity contribution in [1.82, 2.24) is 19.8 Å². The van der Waals surface area contributed by atoms with Crippen molar-refractivity contribution in [2.75, 3.05) is 11.5 Å².